The number of aromatic nitrogens is 3. The van der Waals surface area contributed by atoms with E-state index in [0.717, 1.165) is 57.9 Å². The quantitative estimate of drug-likeness (QED) is 0.176. The molecule has 5 aromatic rings. The van der Waals surface area contributed by atoms with Crippen LogP contribution in [0, 0.1) is 0 Å². The van der Waals surface area contributed by atoms with Crippen molar-refractivity contribution in [3.05, 3.63) is 95.4 Å². The molecule has 0 amide bonds. The van der Waals surface area contributed by atoms with Gasteiger partial charge in [-0.15, -0.1) is 0 Å². The SMILES string of the molecule is CC1(C)CCC(C)(C)c2c(-c3cc4c(cn3)B3c5cnc(-c6cccc7c6C(C)(C)CCC7(C)C)cc5Oc5nccc(c53)O4)cccc21. The Morgan fingerprint density at radius 1 is 0.551 bits per heavy atom. The first-order valence-corrected chi connectivity index (χ1v) is 17.9. The second-order valence-electron chi connectivity index (χ2n) is 17.4. The molecule has 2 aliphatic heterocycles. The van der Waals surface area contributed by atoms with Crippen LogP contribution in [0.25, 0.3) is 22.5 Å². The molecule has 4 aliphatic rings. The lowest BCUT2D eigenvalue weighted by Gasteiger charge is -2.43. The van der Waals surface area contributed by atoms with Crippen molar-refractivity contribution < 1.29 is 9.47 Å². The van der Waals surface area contributed by atoms with Crippen molar-refractivity contribution in [1.82, 2.24) is 15.0 Å². The van der Waals surface area contributed by atoms with Gasteiger partial charge in [-0.25, -0.2) is 4.98 Å². The molecule has 0 atom stereocenters. The first-order chi connectivity index (χ1) is 23.3. The summed E-state index contributed by atoms with van der Waals surface area (Å²) in [5.41, 5.74) is 13.2. The zero-order valence-electron chi connectivity index (χ0n) is 30.0. The summed E-state index contributed by atoms with van der Waals surface area (Å²) in [4.78, 5) is 15.0. The average Bonchev–Trinajstić information content (AvgIpc) is 3.08. The van der Waals surface area contributed by atoms with Crippen LogP contribution >= 0.6 is 0 Å². The third-order valence-corrected chi connectivity index (χ3v) is 12.3. The van der Waals surface area contributed by atoms with Gasteiger partial charge in [0.25, 0.3) is 6.71 Å². The number of pyridine rings is 3. The summed E-state index contributed by atoms with van der Waals surface area (Å²) in [5, 5.41) is 0. The Balaban J connectivity index is 1.18. The molecular weight excluding hydrogens is 601 g/mol. The minimum Gasteiger partial charge on any atom is -0.458 e. The van der Waals surface area contributed by atoms with E-state index in [1.807, 2.05) is 18.5 Å². The molecule has 0 spiro atoms. The molecule has 5 heterocycles. The number of rotatable bonds is 2. The normalized spacial score (nSPS) is 19.6. The summed E-state index contributed by atoms with van der Waals surface area (Å²) in [6.45, 7) is 18.8. The Labute approximate surface area is 290 Å². The lowest BCUT2D eigenvalue weighted by molar-refractivity contribution is 0.332. The molecule has 0 saturated heterocycles. The first kappa shape index (κ1) is 30.6. The fourth-order valence-electron chi connectivity index (χ4n) is 9.26. The Morgan fingerprint density at radius 2 is 1.04 bits per heavy atom. The highest BCUT2D eigenvalue weighted by molar-refractivity contribution is 6.98. The molecular formula is C43H44BN3O2. The van der Waals surface area contributed by atoms with Gasteiger partial charge in [0.1, 0.15) is 17.2 Å². The number of benzene rings is 2. The number of ether oxygens (including phenoxy) is 2. The van der Waals surface area contributed by atoms with Gasteiger partial charge in [-0.2, -0.15) is 0 Å². The number of nitrogens with zero attached hydrogens (tertiary/aromatic N) is 3. The molecule has 0 saturated carbocycles. The van der Waals surface area contributed by atoms with Crippen LogP contribution in [0.3, 0.4) is 0 Å². The summed E-state index contributed by atoms with van der Waals surface area (Å²) in [5.74, 6) is 2.96. The lowest BCUT2D eigenvalue weighted by Crippen LogP contribution is -2.57. The highest BCUT2D eigenvalue weighted by Crippen LogP contribution is 2.51. The first-order valence-electron chi connectivity index (χ1n) is 17.9. The van der Waals surface area contributed by atoms with Gasteiger partial charge in [0.05, 0.1) is 11.4 Å². The van der Waals surface area contributed by atoms with Crippen LogP contribution in [0.4, 0.5) is 0 Å². The van der Waals surface area contributed by atoms with E-state index in [-0.39, 0.29) is 28.4 Å². The van der Waals surface area contributed by atoms with Crippen molar-refractivity contribution in [3.8, 4) is 45.6 Å². The minimum absolute atomic E-state index is 0.0505. The molecule has 2 aliphatic carbocycles. The van der Waals surface area contributed by atoms with E-state index in [1.165, 1.54) is 46.2 Å². The van der Waals surface area contributed by atoms with E-state index in [9.17, 15) is 0 Å². The van der Waals surface area contributed by atoms with Crippen molar-refractivity contribution in [2.75, 3.05) is 0 Å². The molecule has 246 valence electrons. The van der Waals surface area contributed by atoms with Crippen molar-refractivity contribution in [3.63, 3.8) is 0 Å². The van der Waals surface area contributed by atoms with Gasteiger partial charge in [-0.1, -0.05) is 91.8 Å². The maximum absolute atomic E-state index is 6.66. The summed E-state index contributed by atoms with van der Waals surface area (Å²) >= 11 is 0. The molecule has 49 heavy (non-hydrogen) atoms. The molecule has 0 radical (unpaired) electrons. The Kier molecular flexibility index (Phi) is 6.28. The van der Waals surface area contributed by atoms with Crippen LogP contribution in [0.15, 0.2) is 73.2 Å². The van der Waals surface area contributed by atoms with Crippen LogP contribution in [0.5, 0.6) is 23.1 Å². The van der Waals surface area contributed by atoms with Crippen molar-refractivity contribution in [2.45, 2.75) is 103 Å². The van der Waals surface area contributed by atoms with Crippen LogP contribution in [-0.2, 0) is 21.7 Å². The lowest BCUT2D eigenvalue weighted by atomic mass is 9.35. The van der Waals surface area contributed by atoms with E-state index in [4.69, 9.17) is 24.4 Å². The Bertz CT molecular complexity index is 2060. The monoisotopic (exact) mass is 645 g/mol. The summed E-state index contributed by atoms with van der Waals surface area (Å²) in [7, 11) is 0. The molecule has 0 unspecified atom stereocenters. The highest BCUT2D eigenvalue weighted by atomic mass is 16.5. The highest BCUT2D eigenvalue weighted by Gasteiger charge is 2.44. The largest absolute Gasteiger partial charge is 0.458 e. The van der Waals surface area contributed by atoms with Crippen LogP contribution in [-0.4, -0.2) is 21.7 Å². The van der Waals surface area contributed by atoms with E-state index in [0.29, 0.717) is 5.88 Å². The standard InChI is InChI=1S/C43H44BN3O2/c1-40(2)16-18-42(5,6)36-25(11-9-13-27(36)40)31-21-34-29(23-46-31)44-30-24-47-32(22-35(30)49-39-38(44)33(48-34)15-20-45-39)26-12-10-14-28-37(26)43(7,8)19-17-41(28,3)4/h9-15,20-24H,16-19H2,1-8H3. The molecule has 0 N–H and O–H groups in total. The van der Waals surface area contributed by atoms with Crippen molar-refractivity contribution >= 4 is 23.1 Å². The topological polar surface area (TPSA) is 57.1 Å². The van der Waals surface area contributed by atoms with Gasteiger partial charge in [-0.3, -0.25) is 9.97 Å². The molecule has 3 aromatic heterocycles. The molecule has 0 fully saturated rings. The second-order valence-corrected chi connectivity index (χ2v) is 17.4. The van der Waals surface area contributed by atoms with Gasteiger partial charge in [0, 0.05) is 47.3 Å². The van der Waals surface area contributed by atoms with Crippen LogP contribution < -0.4 is 25.9 Å². The minimum atomic E-state index is -0.144. The van der Waals surface area contributed by atoms with E-state index >= 15 is 0 Å². The summed E-state index contributed by atoms with van der Waals surface area (Å²) < 4.78 is 13.2. The van der Waals surface area contributed by atoms with Gasteiger partial charge >= 0.3 is 0 Å². The Hall–Kier alpha value is -4.45. The summed E-state index contributed by atoms with van der Waals surface area (Å²) in [6, 6.07) is 19.7. The maximum Gasteiger partial charge on any atom is 0.266 e. The predicted molar refractivity (Wildman–Crippen MR) is 199 cm³/mol. The Morgan fingerprint density at radius 3 is 1.57 bits per heavy atom. The third-order valence-electron chi connectivity index (χ3n) is 12.3. The second kappa shape index (κ2) is 10.1. The van der Waals surface area contributed by atoms with E-state index < -0.39 is 0 Å². The smallest absolute Gasteiger partial charge is 0.266 e. The molecule has 6 heteroatoms. The zero-order chi connectivity index (χ0) is 34.1. The molecule has 9 rings (SSSR count). The maximum atomic E-state index is 6.66. The van der Waals surface area contributed by atoms with Crippen LogP contribution in [0.1, 0.15) is 103 Å². The van der Waals surface area contributed by atoms with Gasteiger partial charge in [0.15, 0.2) is 0 Å². The fraction of sp³-hybridized carbons (Fsp3) is 0.372. The predicted octanol–water partition coefficient (Wildman–Crippen LogP) is 8.63. The van der Waals surface area contributed by atoms with Gasteiger partial charge in [-0.05, 0) is 86.6 Å². The van der Waals surface area contributed by atoms with Gasteiger partial charge in [0.2, 0.25) is 5.88 Å². The number of hydrogen-bond donors (Lipinski definition) is 0. The number of fused-ring (bicyclic) bond motifs is 6. The molecule has 5 nitrogen and oxygen atoms in total. The van der Waals surface area contributed by atoms with Crippen molar-refractivity contribution in [1.29, 1.82) is 0 Å². The van der Waals surface area contributed by atoms with Gasteiger partial charge < -0.3 is 9.47 Å². The molecule has 2 aromatic carbocycles. The van der Waals surface area contributed by atoms with Crippen molar-refractivity contribution in [2.24, 2.45) is 0 Å². The summed E-state index contributed by atoms with van der Waals surface area (Å²) in [6.07, 6.45) is 10.4. The van der Waals surface area contributed by atoms with Crippen LogP contribution in [0.2, 0.25) is 0 Å². The third kappa shape index (κ3) is 4.48. The van der Waals surface area contributed by atoms with E-state index in [2.05, 4.69) is 104 Å². The zero-order valence-corrected chi connectivity index (χ0v) is 30.0. The molecule has 0 bridgehead atoms. The number of hydrogen-bond acceptors (Lipinski definition) is 5. The fourth-order valence-corrected chi connectivity index (χ4v) is 9.26. The van der Waals surface area contributed by atoms with E-state index in [1.54, 1.807) is 6.20 Å². The average molecular weight is 646 g/mol.